The Hall–Kier alpha value is -1.76. The number of rotatable bonds is 6. The van der Waals surface area contributed by atoms with Crippen LogP contribution in [-0.2, 0) is 35.6 Å². The Morgan fingerprint density at radius 2 is 2.16 bits per heavy atom. The van der Waals surface area contributed by atoms with Crippen molar-refractivity contribution in [1.29, 1.82) is 0 Å². The summed E-state index contributed by atoms with van der Waals surface area (Å²) in [5.41, 5.74) is 3.58. The minimum atomic E-state index is -0.105. The number of fused-ring (bicyclic) bond motifs is 1. The Bertz CT molecular complexity index is 744. The molecular weight excluding hydrogens is 334 g/mol. The molecular formula is C19H25N3O2S. The van der Waals surface area contributed by atoms with Gasteiger partial charge in [-0.3, -0.25) is 9.69 Å². The third-order valence-corrected chi connectivity index (χ3v) is 5.81. The average molecular weight is 359 g/mol. The second-order valence-corrected chi connectivity index (χ2v) is 7.49. The molecule has 1 amide bonds. The van der Waals surface area contributed by atoms with Crippen LogP contribution in [0.15, 0.2) is 24.3 Å². The highest BCUT2D eigenvalue weighted by Gasteiger charge is 2.30. The second kappa shape index (κ2) is 8.08. The number of carbonyl (C=O) groups excluding carboxylic acids is 1. The molecule has 0 aliphatic carbocycles. The van der Waals surface area contributed by atoms with Crippen molar-refractivity contribution < 1.29 is 9.53 Å². The van der Waals surface area contributed by atoms with Crippen molar-refractivity contribution in [3.63, 3.8) is 0 Å². The predicted octanol–water partition coefficient (Wildman–Crippen LogP) is 2.66. The summed E-state index contributed by atoms with van der Waals surface area (Å²) in [5.74, 6) is 0.0949. The average Bonchev–Trinajstić information content (AvgIpc) is 2.98. The van der Waals surface area contributed by atoms with Crippen LogP contribution in [-0.4, -0.2) is 35.5 Å². The van der Waals surface area contributed by atoms with Gasteiger partial charge in [0.05, 0.1) is 24.9 Å². The predicted molar refractivity (Wildman–Crippen MR) is 99.4 cm³/mol. The second-order valence-electron chi connectivity index (χ2n) is 6.32. The highest BCUT2D eigenvalue weighted by Crippen LogP contribution is 2.24. The van der Waals surface area contributed by atoms with Crippen LogP contribution in [0.25, 0.3) is 0 Å². The molecule has 1 aliphatic rings. The first-order chi connectivity index (χ1) is 12.1. The monoisotopic (exact) mass is 359 g/mol. The van der Waals surface area contributed by atoms with Gasteiger partial charge in [0.1, 0.15) is 5.01 Å². The third-order valence-electron chi connectivity index (χ3n) is 4.68. The quantitative estimate of drug-likeness (QED) is 0.862. The van der Waals surface area contributed by atoms with Gasteiger partial charge in [-0.1, -0.05) is 31.2 Å². The summed E-state index contributed by atoms with van der Waals surface area (Å²) in [4.78, 5) is 20.6. The van der Waals surface area contributed by atoms with Crippen molar-refractivity contribution in [2.45, 2.75) is 46.0 Å². The smallest absolute Gasteiger partial charge is 0.238 e. The first kappa shape index (κ1) is 18.0. The topological polar surface area (TPSA) is 54.5 Å². The van der Waals surface area contributed by atoms with Crippen molar-refractivity contribution in [3.05, 3.63) is 51.0 Å². The summed E-state index contributed by atoms with van der Waals surface area (Å²) in [7, 11) is 1.67. The zero-order chi connectivity index (χ0) is 17.8. The Morgan fingerprint density at radius 1 is 1.40 bits per heavy atom. The number of methoxy groups -OCH3 is 1. The zero-order valence-electron chi connectivity index (χ0n) is 15.0. The number of hydrogen-bond acceptors (Lipinski definition) is 5. The van der Waals surface area contributed by atoms with Crippen LogP contribution in [0.1, 0.15) is 33.6 Å². The van der Waals surface area contributed by atoms with E-state index in [1.807, 2.05) is 13.0 Å². The fourth-order valence-corrected chi connectivity index (χ4v) is 4.27. The number of thiazole rings is 1. The van der Waals surface area contributed by atoms with Gasteiger partial charge in [0, 0.05) is 18.5 Å². The van der Waals surface area contributed by atoms with Gasteiger partial charge in [0.2, 0.25) is 5.91 Å². The number of carbonyl (C=O) groups is 1. The lowest BCUT2D eigenvalue weighted by Crippen LogP contribution is -2.49. The Labute approximate surface area is 153 Å². The SMILES string of the molecule is CCN1Cc2ccccc2C[C@H]1C(=O)NCc1sc(COC)nc1C. The molecule has 1 N–H and O–H groups in total. The molecule has 1 atom stereocenters. The number of ether oxygens (including phenoxy) is 1. The van der Waals surface area contributed by atoms with E-state index in [1.165, 1.54) is 11.1 Å². The van der Waals surface area contributed by atoms with Crippen molar-refractivity contribution in [1.82, 2.24) is 15.2 Å². The molecule has 0 spiro atoms. The maximum absolute atomic E-state index is 12.8. The van der Waals surface area contributed by atoms with E-state index in [0.29, 0.717) is 13.2 Å². The van der Waals surface area contributed by atoms with Gasteiger partial charge in [-0.25, -0.2) is 4.98 Å². The Morgan fingerprint density at radius 3 is 2.88 bits per heavy atom. The van der Waals surface area contributed by atoms with E-state index < -0.39 is 0 Å². The molecule has 1 aliphatic heterocycles. The lowest BCUT2D eigenvalue weighted by atomic mass is 9.93. The summed E-state index contributed by atoms with van der Waals surface area (Å²) in [5, 5.41) is 4.06. The molecule has 134 valence electrons. The van der Waals surface area contributed by atoms with Gasteiger partial charge in [-0.05, 0) is 31.0 Å². The van der Waals surface area contributed by atoms with Gasteiger partial charge < -0.3 is 10.1 Å². The van der Waals surface area contributed by atoms with Crippen LogP contribution in [0.2, 0.25) is 0 Å². The normalized spacial score (nSPS) is 17.3. The number of likely N-dealkylation sites (N-methyl/N-ethyl adjacent to an activating group) is 1. The number of nitrogens with one attached hydrogen (secondary N) is 1. The number of hydrogen-bond donors (Lipinski definition) is 1. The molecule has 0 fully saturated rings. The molecule has 0 bridgehead atoms. The zero-order valence-corrected chi connectivity index (χ0v) is 15.9. The van der Waals surface area contributed by atoms with Crippen LogP contribution < -0.4 is 5.32 Å². The van der Waals surface area contributed by atoms with Gasteiger partial charge >= 0.3 is 0 Å². The van der Waals surface area contributed by atoms with E-state index >= 15 is 0 Å². The van der Waals surface area contributed by atoms with E-state index in [-0.39, 0.29) is 11.9 Å². The Balaban J connectivity index is 1.66. The van der Waals surface area contributed by atoms with Crippen LogP contribution >= 0.6 is 11.3 Å². The highest BCUT2D eigenvalue weighted by atomic mass is 32.1. The molecule has 3 rings (SSSR count). The van der Waals surface area contributed by atoms with E-state index in [0.717, 1.165) is 35.1 Å². The highest BCUT2D eigenvalue weighted by molar-refractivity contribution is 7.11. The van der Waals surface area contributed by atoms with Crippen LogP contribution in [0.5, 0.6) is 0 Å². The van der Waals surface area contributed by atoms with Crippen LogP contribution in [0.4, 0.5) is 0 Å². The number of amides is 1. The molecule has 0 radical (unpaired) electrons. The Kier molecular flexibility index (Phi) is 5.83. The molecule has 25 heavy (non-hydrogen) atoms. The molecule has 0 unspecified atom stereocenters. The first-order valence-corrected chi connectivity index (χ1v) is 9.46. The lowest BCUT2D eigenvalue weighted by Gasteiger charge is -2.35. The maximum Gasteiger partial charge on any atom is 0.238 e. The van der Waals surface area contributed by atoms with Gasteiger partial charge in [0.25, 0.3) is 0 Å². The summed E-state index contributed by atoms with van der Waals surface area (Å²) in [6, 6.07) is 8.30. The fourth-order valence-electron chi connectivity index (χ4n) is 3.29. The van der Waals surface area contributed by atoms with Crippen molar-refractivity contribution in [2.75, 3.05) is 13.7 Å². The van der Waals surface area contributed by atoms with Crippen molar-refractivity contribution >= 4 is 17.2 Å². The molecule has 2 heterocycles. The van der Waals surface area contributed by atoms with Gasteiger partial charge in [-0.2, -0.15) is 0 Å². The number of benzene rings is 1. The number of nitrogens with zero attached hydrogens (tertiary/aromatic N) is 2. The summed E-state index contributed by atoms with van der Waals surface area (Å²) < 4.78 is 5.13. The molecule has 6 heteroatoms. The molecule has 2 aromatic rings. The van der Waals surface area contributed by atoms with Crippen molar-refractivity contribution in [2.24, 2.45) is 0 Å². The molecule has 1 aromatic heterocycles. The summed E-state index contributed by atoms with van der Waals surface area (Å²) >= 11 is 1.60. The summed E-state index contributed by atoms with van der Waals surface area (Å²) in [6.45, 7) is 6.83. The minimum Gasteiger partial charge on any atom is -0.378 e. The third kappa shape index (κ3) is 4.08. The molecule has 1 aromatic carbocycles. The van der Waals surface area contributed by atoms with Gasteiger partial charge in [0.15, 0.2) is 0 Å². The molecule has 0 saturated heterocycles. The number of aryl methyl sites for hydroxylation is 1. The van der Waals surface area contributed by atoms with Crippen LogP contribution in [0, 0.1) is 6.92 Å². The van der Waals surface area contributed by atoms with E-state index in [2.05, 4.69) is 40.3 Å². The first-order valence-electron chi connectivity index (χ1n) is 8.65. The van der Waals surface area contributed by atoms with Crippen molar-refractivity contribution in [3.8, 4) is 0 Å². The van der Waals surface area contributed by atoms with E-state index in [9.17, 15) is 4.79 Å². The molecule has 5 nitrogen and oxygen atoms in total. The maximum atomic E-state index is 12.8. The molecule has 0 saturated carbocycles. The fraction of sp³-hybridized carbons (Fsp3) is 0.474. The van der Waals surface area contributed by atoms with E-state index in [1.54, 1.807) is 18.4 Å². The largest absolute Gasteiger partial charge is 0.378 e. The number of aromatic nitrogens is 1. The van der Waals surface area contributed by atoms with Gasteiger partial charge in [-0.15, -0.1) is 11.3 Å². The summed E-state index contributed by atoms with van der Waals surface area (Å²) in [6.07, 6.45) is 0.770. The lowest BCUT2D eigenvalue weighted by molar-refractivity contribution is -0.127. The standard InChI is InChI=1S/C19H25N3O2S/c1-4-22-11-15-8-6-5-7-14(15)9-16(22)19(23)20-10-17-13(2)21-18(25-17)12-24-3/h5-8,16H,4,9-12H2,1-3H3,(H,20,23)/t16-/m0/s1. The van der Waals surface area contributed by atoms with Crippen LogP contribution in [0.3, 0.4) is 0 Å². The van der Waals surface area contributed by atoms with E-state index in [4.69, 9.17) is 4.74 Å². The minimum absolute atomic E-state index is 0.0949.